The van der Waals surface area contributed by atoms with Gasteiger partial charge in [0.2, 0.25) is 0 Å². The van der Waals surface area contributed by atoms with Crippen molar-refractivity contribution < 1.29 is 22.7 Å². The van der Waals surface area contributed by atoms with Gasteiger partial charge < -0.3 is 9.47 Å². The Balaban J connectivity index is 1.50. The average molecular weight is 409 g/mol. The quantitative estimate of drug-likeness (QED) is 0.607. The minimum atomic E-state index is -3.32. The first-order chi connectivity index (χ1) is 13.3. The summed E-state index contributed by atoms with van der Waals surface area (Å²) in [4.78, 5) is 12.6. The van der Waals surface area contributed by atoms with Gasteiger partial charge in [-0.1, -0.05) is 6.92 Å². The highest BCUT2D eigenvalue weighted by atomic mass is 32.2. The molecule has 5 nitrogen and oxygen atoms in total. The third-order valence-electron chi connectivity index (χ3n) is 6.86. The summed E-state index contributed by atoms with van der Waals surface area (Å²) in [5.74, 6) is 1.69. The van der Waals surface area contributed by atoms with Crippen LogP contribution in [0.15, 0.2) is 29.2 Å². The van der Waals surface area contributed by atoms with Gasteiger partial charge in [0.05, 0.1) is 23.9 Å². The zero-order valence-electron chi connectivity index (χ0n) is 17.1. The van der Waals surface area contributed by atoms with Crippen molar-refractivity contribution >= 4 is 15.6 Å². The van der Waals surface area contributed by atoms with Crippen molar-refractivity contribution in [2.45, 2.75) is 63.4 Å². The molecular weight excluding hydrogens is 376 g/mol. The number of hydrogen-bond donors (Lipinski definition) is 0. The summed E-state index contributed by atoms with van der Waals surface area (Å²) >= 11 is 0. The van der Waals surface area contributed by atoms with Crippen molar-refractivity contribution in [1.29, 1.82) is 0 Å². The van der Waals surface area contributed by atoms with Gasteiger partial charge in [-0.15, -0.1) is 0 Å². The third-order valence-corrected chi connectivity index (χ3v) is 8.68. The largest absolute Gasteiger partial charge is 0.497 e. The van der Waals surface area contributed by atoms with E-state index in [-0.39, 0.29) is 23.2 Å². The molecule has 0 amide bonds. The van der Waals surface area contributed by atoms with Gasteiger partial charge in [-0.3, -0.25) is 4.79 Å². The minimum absolute atomic E-state index is 0.0456. The molecule has 0 bridgehead atoms. The summed E-state index contributed by atoms with van der Waals surface area (Å²) < 4.78 is 36.1. The smallest absolute Gasteiger partial charge is 0.178 e. The van der Waals surface area contributed by atoms with Gasteiger partial charge in [-0.05, 0) is 74.6 Å². The van der Waals surface area contributed by atoms with E-state index < -0.39 is 9.84 Å². The molecule has 28 heavy (non-hydrogen) atoms. The predicted octanol–water partition coefficient (Wildman–Crippen LogP) is 4.05. The van der Waals surface area contributed by atoms with Gasteiger partial charge in [-0.2, -0.15) is 0 Å². The van der Waals surface area contributed by atoms with Crippen LogP contribution in [0.2, 0.25) is 0 Å². The number of fused-ring (bicyclic) bond motifs is 1. The van der Waals surface area contributed by atoms with E-state index in [9.17, 15) is 13.2 Å². The lowest BCUT2D eigenvalue weighted by molar-refractivity contribution is -0.131. The van der Waals surface area contributed by atoms with Gasteiger partial charge >= 0.3 is 0 Å². The van der Waals surface area contributed by atoms with Crippen molar-refractivity contribution in [3.05, 3.63) is 24.3 Å². The number of methoxy groups -OCH3 is 1. The summed E-state index contributed by atoms with van der Waals surface area (Å²) in [7, 11) is -1.77. The van der Waals surface area contributed by atoms with Crippen LogP contribution in [-0.4, -0.2) is 39.8 Å². The number of carbonyl (C=O) groups is 1. The number of carbonyl (C=O) groups excluding carboxylic acids is 1. The van der Waals surface area contributed by atoms with E-state index in [0.29, 0.717) is 35.4 Å². The van der Waals surface area contributed by atoms with Gasteiger partial charge in [0, 0.05) is 18.9 Å². The topological polar surface area (TPSA) is 69.7 Å². The number of ketones is 1. The second kappa shape index (κ2) is 8.54. The molecule has 0 aliphatic heterocycles. The molecule has 156 valence electrons. The number of hydrogen-bond acceptors (Lipinski definition) is 5. The predicted molar refractivity (Wildman–Crippen MR) is 108 cm³/mol. The second-order valence-corrected chi connectivity index (χ2v) is 10.6. The van der Waals surface area contributed by atoms with Crippen LogP contribution >= 0.6 is 0 Å². The van der Waals surface area contributed by atoms with Crippen molar-refractivity contribution in [3.63, 3.8) is 0 Å². The van der Waals surface area contributed by atoms with Crippen LogP contribution in [-0.2, 0) is 19.4 Å². The molecule has 4 atom stereocenters. The van der Waals surface area contributed by atoms with Crippen LogP contribution in [0.25, 0.3) is 0 Å². The summed E-state index contributed by atoms with van der Waals surface area (Å²) in [6.07, 6.45) is 5.31. The lowest BCUT2D eigenvalue weighted by Gasteiger charge is -2.42. The Morgan fingerprint density at radius 3 is 2.61 bits per heavy atom. The Kier molecular flexibility index (Phi) is 6.50. The second-order valence-electron chi connectivity index (χ2n) is 8.49. The Bertz CT molecular complexity index is 786. The average Bonchev–Trinajstić information content (AvgIpc) is 3.03. The van der Waals surface area contributed by atoms with Gasteiger partial charge in [0.15, 0.2) is 9.84 Å². The van der Waals surface area contributed by atoms with Crippen LogP contribution in [0.1, 0.15) is 52.4 Å². The Morgan fingerprint density at radius 2 is 1.93 bits per heavy atom. The number of Topliss-reactive ketones (excluding diaryl/α,β-unsaturated/α-hetero) is 1. The summed E-state index contributed by atoms with van der Waals surface area (Å²) in [6.45, 7) is 4.75. The Labute approximate surface area is 168 Å². The number of rotatable bonds is 8. The molecule has 3 rings (SSSR count). The molecule has 0 radical (unpaired) electrons. The van der Waals surface area contributed by atoms with Crippen LogP contribution in [0, 0.1) is 17.3 Å². The molecule has 0 spiro atoms. The number of sulfone groups is 1. The molecule has 0 saturated heterocycles. The van der Waals surface area contributed by atoms with Crippen molar-refractivity contribution in [2.24, 2.45) is 17.3 Å². The summed E-state index contributed by atoms with van der Waals surface area (Å²) in [6, 6.07) is 6.48. The fraction of sp³-hybridized carbons (Fsp3) is 0.682. The highest BCUT2D eigenvalue weighted by Gasteiger charge is 2.52. The van der Waals surface area contributed by atoms with Gasteiger partial charge in [-0.25, -0.2) is 8.42 Å². The first-order valence-corrected chi connectivity index (χ1v) is 11.9. The molecule has 2 fully saturated rings. The maximum Gasteiger partial charge on any atom is 0.178 e. The lowest BCUT2D eigenvalue weighted by Crippen LogP contribution is -2.41. The highest BCUT2D eigenvalue weighted by Crippen LogP contribution is 2.55. The van der Waals surface area contributed by atoms with E-state index in [0.717, 1.165) is 32.1 Å². The maximum absolute atomic E-state index is 12.5. The highest BCUT2D eigenvalue weighted by molar-refractivity contribution is 7.91. The first kappa shape index (κ1) is 21.3. The molecule has 1 aromatic carbocycles. The van der Waals surface area contributed by atoms with E-state index in [4.69, 9.17) is 9.47 Å². The fourth-order valence-corrected chi connectivity index (χ4v) is 6.56. The Hall–Kier alpha value is -1.40. The Morgan fingerprint density at radius 1 is 1.21 bits per heavy atom. The molecule has 2 aliphatic rings. The first-order valence-electron chi connectivity index (χ1n) is 10.3. The number of ether oxygens (including phenoxy) is 2. The summed E-state index contributed by atoms with van der Waals surface area (Å²) in [5.41, 5.74) is 0.0456. The molecule has 2 unspecified atom stereocenters. The van der Waals surface area contributed by atoms with Crippen LogP contribution in [0.5, 0.6) is 5.75 Å². The summed E-state index contributed by atoms with van der Waals surface area (Å²) in [5, 5.41) is 0. The zero-order chi connectivity index (χ0) is 20.4. The number of benzene rings is 1. The molecule has 2 aliphatic carbocycles. The van der Waals surface area contributed by atoms with E-state index >= 15 is 0 Å². The molecule has 0 aromatic heterocycles. The lowest BCUT2D eigenvalue weighted by atomic mass is 9.64. The van der Waals surface area contributed by atoms with Gasteiger partial charge in [0.1, 0.15) is 11.5 Å². The monoisotopic (exact) mass is 408 g/mol. The van der Waals surface area contributed by atoms with Crippen LogP contribution < -0.4 is 4.74 Å². The standard InChI is InChI=1S/C22H32O5S/c1-16(19-11-12-20-21(23)6-4-13-22(19,20)2)27-14-5-15-28(24,25)18-9-7-17(26-3)8-10-18/h7-10,16,19-20H,4-6,11-15H2,1-3H3/t16-,19?,20?,22-/m1/s1. The SMILES string of the molecule is COc1ccc(S(=O)(=O)CCCO[C@H](C)C2CCC3C(=O)CCC[C@@]32C)cc1. The van der Waals surface area contributed by atoms with E-state index in [2.05, 4.69) is 13.8 Å². The van der Waals surface area contributed by atoms with Crippen molar-refractivity contribution in [2.75, 3.05) is 19.5 Å². The fourth-order valence-electron chi connectivity index (χ4n) is 5.28. The minimum Gasteiger partial charge on any atom is -0.497 e. The normalized spacial score (nSPS) is 28.8. The van der Waals surface area contributed by atoms with Gasteiger partial charge in [0.25, 0.3) is 0 Å². The van der Waals surface area contributed by atoms with E-state index in [1.807, 2.05) is 0 Å². The maximum atomic E-state index is 12.5. The van der Waals surface area contributed by atoms with Crippen molar-refractivity contribution in [1.82, 2.24) is 0 Å². The van der Waals surface area contributed by atoms with Crippen molar-refractivity contribution in [3.8, 4) is 5.75 Å². The van der Waals surface area contributed by atoms with Crippen LogP contribution in [0.4, 0.5) is 0 Å². The molecule has 1 aromatic rings. The molecule has 0 N–H and O–H groups in total. The molecule has 0 heterocycles. The zero-order valence-corrected chi connectivity index (χ0v) is 18.0. The van der Waals surface area contributed by atoms with E-state index in [1.54, 1.807) is 31.4 Å². The van der Waals surface area contributed by atoms with E-state index in [1.165, 1.54) is 0 Å². The molecule has 6 heteroatoms. The third kappa shape index (κ3) is 4.28. The molecule has 2 saturated carbocycles. The molecular formula is C22H32O5S. The van der Waals surface area contributed by atoms with Crippen LogP contribution in [0.3, 0.4) is 0 Å².